The minimum Gasteiger partial charge on any atom is -0.493 e. The van der Waals surface area contributed by atoms with Crippen LogP contribution >= 0.6 is 0 Å². The Balaban J connectivity index is 1.69. The van der Waals surface area contributed by atoms with E-state index in [9.17, 15) is 26.4 Å². The van der Waals surface area contributed by atoms with E-state index in [0.717, 1.165) is 6.07 Å². The van der Waals surface area contributed by atoms with Crippen LogP contribution in [0.25, 0.3) is 0 Å². The maximum Gasteiger partial charge on any atom is 0.442 e. The molecule has 0 aliphatic rings. The summed E-state index contributed by atoms with van der Waals surface area (Å²) in [6.07, 6.45) is 1.60. The lowest BCUT2D eigenvalue weighted by atomic mass is 10.1. The predicted molar refractivity (Wildman–Crippen MR) is 194 cm³/mol. The van der Waals surface area contributed by atoms with Gasteiger partial charge in [0, 0.05) is 30.9 Å². The highest BCUT2D eigenvalue weighted by molar-refractivity contribution is 7.91. The van der Waals surface area contributed by atoms with Crippen LogP contribution in [0, 0.1) is 12.3 Å². The van der Waals surface area contributed by atoms with E-state index in [1.807, 2.05) is 0 Å². The number of guanidine groups is 1. The van der Waals surface area contributed by atoms with E-state index < -0.39 is 65.3 Å². The van der Waals surface area contributed by atoms with Crippen molar-refractivity contribution in [2.45, 2.75) is 95.3 Å². The van der Waals surface area contributed by atoms with E-state index in [2.05, 4.69) is 15.0 Å². The van der Waals surface area contributed by atoms with E-state index in [4.69, 9.17) is 28.6 Å². The van der Waals surface area contributed by atoms with Crippen molar-refractivity contribution < 1.29 is 49.7 Å². The Morgan fingerprint density at radius 1 is 0.868 bits per heavy atom. The fourth-order valence-electron chi connectivity index (χ4n) is 4.50. The first kappa shape index (κ1) is 42.6. The molecule has 1 heterocycles. The summed E-state index contributed by atoms with van der Waals surface area (Å²) < 4.78 is 78.3. The van der Waals surface area contributed by atoms with Gasteiger partial charge in [-0.05, 0) is 102 Å². The van der Waals surface area contributed by atoms with Gasteiger partial charge < -0.3 is 18.4 Å². The van der Waals surface area contributed by atoms with Crippen LogP contribution in [0.4, 0.5) is 9.59 Å². The Hall–Kier alpha value is -4.78. The standard InChI is InChI=1S/C35H47N5O11S2/c1-9-28(25-15-17-37-18-16-25)39-52(43,44)29-13-10-11-14-30(29)53(45,46)51-27-22-24(2)21-26(23-27)47-19-12-20-48-40(33(42)50-35(6,7)8)31(36)38-32(41)49-34(3,4)5/h10-11,13-18,21-23,28,39H,9,12,19-20H2,1-8H3,(H2,36,38,41). The van der Waals surface area contributed by atoms with Crippen LogP contribution in [-0.4, -0.2) is 69.4 Å². The fraction of sp³-hybridized carbons (Fsp3) is 0.429. The Morgan fingerprint density at radius 3 is 2.08 bits per heavy atom. The summed E-state index contributed by atoms with van der Waals surface area (Å²) in [5.74, 6) is -0.637. The number of nitrogens with zero attached hydrogens (tertiary/aromatic N) is 2. The number of hydroxylamine groups is 2. The summed E-state index contributed by atoms with van der Waals surface area (Å²) in [5.41, 5.74) is -0.547. The molecule has 1 aromatic heterocycles. The number of pyridine rings is 1. The summed E-state index contributed by atoms with van der Waals surface area (Å²) in [7, 11) is -9.01. The maximum absolute atomic E-state index is 13.5. The molecule has 2 aromatic carbocycles. The number of carbonyl (C=O) groups is 2. The van der Waals surface area contributed by atoms with Crippen molar-refractivity contribution in [2.75, 3.05) is 13.2 Å². The highest BCUT2D eigenvalue weighted by atomic mass is 32.2. The average molecular weight is 778 g/mol. The lowest BCUT2D eigenvalue weighted by Crippen LogP contribution is -2.49. The van der Waals surface area contributed by atoms with Crippen molar-refractivity contribution >= 4 is 38.3 Å². The van der Waals surface area contributed by atoms with Gasteiger partial charge in [-0.15, -0.1) is 5.06 Å². The summed E-state index contributed by atoms with van der Waals surface area (Å²) >= 11 is 0. The highest BCUT2D eigenvalue weighted by Gasteiger charge is 2.31. The van der Waals surface area contributed by atoms with Gasteiger partial charge in [0.05, 0.1) is 13.2 Å². The van der Waals surface area contributed by atoms with Crippen molar-refractivity contribution in [3.63, 3.8) is 0 Å². The Labute approximate surface area is 310 Å². The Bertz CT molecular complexity index is 1960. The van der Waals surface area contributed by atoms with Gasteiger partial charge >= 0.3 is 22.3 Å². The minimum absolute atomic E-state index is 0.00739. The third-order valence-corrected chi connectivity index (χ3v) is 9.58. The summed E-state index contributed by atoms with van der Waals surface area (Å²) in [6, 6.07) is 12.2. The molecule has 1 unspecified atom stereocenters. The number of nitrogens with one attached hydrogen (secondary N) is 3. The molecule has 0 spiro atoms. The fourth-order valence-corrected chi connectivity index (χ4v) is 7.53. The molecule has 2 amide bonds. The molecule has 3 aromatic rings. The molecule has 3 N–H and O–H groups in total. The van der Waals surface area contributed by atoms with Gasteiger partial charge in [0.2, 0.25) is 16.0 Å². The molecule has 1 atom stereocenters. The van der Waals surface area contributed by atoms with Crippen LogP contribution < -0.4 is 19.0 Å². The number of carbonyl (C=O) groups excluding carboxylic acids is 2. The lowest BCUT2D eigenvalue weighted by Gasteiger charge is -2.27. The zero-order valence-corrected chi connectivity index (χ0v) is 32.6. The zero-order chi connectivity index (χ0) is 39.6. The highest BCUT2D eigenvalue weighted by Crippen LogP contribution is 2.29. The molecule has 16 nitrogen and oxygen atoms in total. The second-order valence-electron chi connectivity index (χ2n) is 13.6. The normalized spacial score (nSPS) is 12.7. The van der Waals surface area contributed by atoms with Gasteiger partial charge in [0.15, 0.2) is 0 Å². The van der Waals surface area contributed by atoms with Gasteiger partial charge in [-0.25, -0.2) is 22.7 Å². The quantitative estimate of drug-likeness (QED) is 0.0567. The van der Waals surface area contributed by atoms with Crippen LogP contribution in [-0.2, 0) is 34.5 Å². The summed E-state index contributed by atoms with van der Waals surface area (Å²) in [4.78, 5) is 33.3. The van der Waals surface area contributed by atoms with Gasteiger partial charge in [-0.1, -0.05) is 19.1 Å². The number of aryl methyl sites for hydroxylation is 1. The molecule has 0 radical (unpaired) electrons. The molecule has 290 valence electrons. The van der Waals surface area contributed by atoms with Crippen LogP contribution in [0.3, 0.4) is 0 Å². The molecule has 0 bridgehead atoms. The van der Waals surface area contributed by atoms with E-state index in [1.54, 1.807) is 73.6 Å². The molecule has 0 aliphatic heterocycles. The van der Waals surface area contributed by atoms with E-state index in [1.165, 1.54) is 42.7 Å². The molecule has 0 aliphatic carbocycles. The number of benzene rings is 2. The van der Waals surface area contributed by atoms with Crippen LogP contribution in [0.2, 0.25) is 0 Å². The number of hydrogen-bond acceptors (Lipinski definition) is 13. The van der Waals surface area contributed by atoms with Gasteiger partial charge in [-0.3, -0.25) is 20.5 Å². The number of aromatic nitrogens is 1. The molecular formula is C35H47N5O11S2. The largest absolute Gasteiger partial charge is 0.493 e. The second kappa shape index (κ2) is 17.8. The van der Waals surface area contributed by atoms with Crippen molar-refractivity contribution in [1.82, 2.24) is 20.1 Å². The van der Waals surface area contributed by atoms with Crippen molar-refractivity contribution in [3.05, 3.63) is 78.1 Å². The van der Waals surface area contributed by atoms with E-state index in [0.29, 0.717) is 22.6 Å². The Kier molecular flexibility index (Phi) is 14.3. The number of rotatable bonds is 14. The molecule has 18 heteroatoms. The summed E-state index contributed by atoms with van der Waals surface area (Å²) in [6.45, 7) is 13.1. The van der Waals surface area contributed by atoms with Crippen LogP contribution in [0.1, 0.15) is 78.5 Å². The second-order valence-corrected chi connectivity index (χ2v) is 16.8. The number of amides is 2. The van der Waals surface area contributed by atoms with Gasteiger partial charge in [0.25, 0.3) is 0 Å². The lowest BCUT2D eigenvalue weighted by molar-refractivity contribution is -0.104. The van der Waals surface area contributed by atoms with Gasteiger partial charge in [-0.2, -0.15) is 8.42 Å². The van der Waals surface area contributed by atoms with Crippen molar-refractivity contribution in [2.24, 2.45) is 0 Å². The molecule has 53 heavy (non-hydrogen) atoms. The van der Waals surface area contributed by atoms with Crippen LogP contribution in [0.15, 0.2) is 76.8 Å². The number of hydrogen-bond donors (Lipinski definition) is 3. The van der Waals surface area contributed by atoms with Crippen molar-refractivity contribution in [1.29, 1.82) is 5.41 Å². The van der Waals surface area contributed by atoms with Crippen LogP contribution in [0.5, 0.6) is 11.5 Å². The maximum atomic E-state index is 13.5. The van der Waals surface area contributed by atoms with Crippen molar-refractivity contribution in [3.8, 4) is 11.5 Å². The zero-order valence-electron chi connectivity index (χ0n) is 31.0. The minimum atomic E-state index is -4.67. The average Bonchev–Trinajstić information content (AvgIpc) is 3.03. The molecule has 0 saturated heterocycles. The number of ether oxygens (including phenoxy) is 3. The topological polar surface area (TPSA) is 213 Å². The molecule has 0 fully saturated rings. The van der Waals surface area contributed by atoms with E-state index >= 15 is 0 Å². The first-order valence-corrected chi connectivity index (χ1v) is 19.4. The third-order valence-electron chi connectivity index (χ3n) is 6.61. The molecular weight excluding hydrogens is 731 g/mol. The first-order valence-electron chi connectivity index (χ1n) is 16.5. The Morgan fingerprint density at radius 2 is 1.47 bits per heavy atom. The number of sulfonamides is 1. The summed E-state index contributed by atoms with van der Waals surface area (Å²) in [5, 5.41) is 10.8. The van der Waals surface area contributed by atoms with Gasteiger partial charge in [0.1, 0.15) is 32.5 Å². The smallest absolute Gasteiger partial charge is 0.442 e. The number of alkyl carbamates (subject to hydrolysis) is 1. The SMILES string of the molecule is CCC(NS(=O)(=O)c1ccccc1S(=O)(=O)Oc1cc(C)cc(OCCCON(C(=N)NC(=O)OC(C)(C)C)C(=O)OC(C)(C)C)c1)c1ccncc1. The predicted octanol–water partition coefficient (Wildman–Crippen LogP) is 5.98. The first-order chi connectivity index (χ1) is 24.6. The van der Waals surface area contributed by atoms with E-state index in [-0.39, 0.29) is 31.1 Å². The third kappa shape index (κ3) is 13.6. The monoisotopic (exact) mass is 777 g/mol. The molecule has 0 saturated carbocycles. The molecule has 3 rings (SSSR count).